The van der Waals surface area contributed by atoms with Crippen molar-refractivity contribution in [1.82, 2.24) is 19.5 Å². The summed E-state index contributed by atoms with van der Waals surface area (Å²) in [4.78, 5) is 21.9. The Balaban J connectivity index is 2.01. The standard InChI is InChI=1S/C10H12N4O4/c15-2-6-5(16)1-7(18-6)14-4-13-8-9(14)11-3-12-10(8)17/h3-7,15-16H,1-2H2,(H,11,12,17)/t5-,6-,7-/m0/s1. The first kappa shape index (κ1) is 11.3. The summed E-state index contributed by atoms with van der Waals surface area (Å²) in [7, 11) is 0. The first-order valence-corrected chi connectivity index (χ1v) is 5.55. The van der Waals surface area contributed by atoms with Gasteiger partial charge in [-0.05, 0) is 0 Å². The highest BCUT2D eigenvalue weighted by molar-refractivity contribution is 5.68. The number of nitrogens with one attached hydrogen (secondary N) is 1. The smallest absolute Gasteiger partial charge is 0.278 e. The molecule has 1 saturated heterocycles. The number of aliphatic hydroxyl groups is 2. The van der Waals surface area contributed by atoms with Crippen molar-refractivity contribution in [3.05, 3.63) is 23.0 Å². The van der Waals surface area contributed by atoms with E-state index in [1.54, 1.807) is 4.57 Å². The van der Waals surface area contributed by atoms with Crippen LogP contribution in [0.25, 0.3) is 11.2 Å². The van der Waals surface area contributed by atoms with Crippen molar-refractivity contribution in [2.45, 2.75) is 24.9 Å². The fraction of sp³-hybridized carbons (Fsp3) is 0.500. The largest absolute Gasteiger partial charge is 0.394 e. The van der Waals surface area contributed by atoms with Crippen molar-refractivity contribution >= 4 is 11.2 Å². The monoisotopic (exact) mass is 252 g/mol. The van der Waals surface area contributed by atoms with Crippen LogP contribution in [0.3, 0.4) is 0 Å². The van der Waals surface area contributed by atoms with Gasteiger partial charge in [0.05, 0.1) is 25.4 Å². The molecule has 0 amide bonds. The lowest BCUT2D eigenvalue weighted by atomic mass is 10.2. The zero-order valence-electron chi connectivity index (χ0n) is 9.35. The lowest BCUT2D eigenvalue weighted by molar-refractivity contribution is -0.0432. The summed E-state index contributed by atoms with van der Waals surface area (Å²) in [5, 5.41) is 18.7. The summed E-state index contributed by atoms with van der Waals surface area (Å²) in [6, 6.07) is 0. The Morgan fingerprint density at radius 2 is 2.39 bits per heavy atom. The second-order valence-corrected chi connectivity index (χ2v) is 4.17. The van der Waals surface area contributed by atoms with Crippen molar-refractivity contribution in [1.29, 1.82) is 0 Å². The Kier molecular flexibility index (Phi) is 2.62. The minimum absolute atomic E-state index is 0.225. The van der Waals surface area contributed by atoms with Gasteiger partial charge in [0.1, 0.15) is 12.3 Å². The summed E-state index contributed by atoms with van der Waals surface area (Å²) in [5.74, 6) is 0. The van der Waals surface area contributed by atoms with Crippen molar-refractivity contribution in [2.75, 3.05) is 6.61 Å². The first-order valence-electron chi connectivity index (χ1n) is 5.55. The molecule has 0 aromatic carbocycles. The molecule has 3 rings (SSSR count). The second-order valence-electron chi connectivity index (χ2n) is 4.17. The number of aromatic amines is 1. The van der Waals surface area contributed by atoms with Crippen molar-refractivity contribution in [3.8, 4) is 0 Å². The van der Waals surface area contributed by atoms with E-state index in [2.05, 4.69) is 15.0 Å². The molecule has 1 aliphatic heterocycles. The third kappa shape index (κ3) is 1.62. The highest BCUT2D eigenvalue weighted by Gasteiger charge is 2.35. The molecule has 1 fully saturated rings. The molecule has 0 radical (unpaired) electrons. The highest BCUT2D eigenvalue weighted by atomic mass is 16.5. The Morgan fingerprint density at radius 3 is 3.11 bits per heavy atom. The number of imidazole rings is 1. The van der Waals surface area contributed by atoms with Crippen LogP contribution in [0.4, 0.5) is 0 Å². The molecule has 3 N–H and O–H groups in total. The van der Waals surface area contributed by atoms with E-state index in [-0.39, 0.29) is 17.7 Å². The molecule has 2 aromatic rings. The average molecular weight is 252 g/mol. The summed E-state index contributed by atoms with van der Waals surface area (Å²) >= 11 is 0. The molecular formula is C10H12N4O4. The Hall–Kier alpha value is -1.77. The number of rotatable bonds is 2. The number of hydrogen-bond donors (Lipinski definition) is 3. The normalized spacial score (nSPS) is 28.0. The van der Waals surface area contributed by atoms with Crippen LogP contribution in [-0.4, -0.2) is 48.5 Å². The fourth-order valence-electron chi connectivity index (χ4n) is 2.12. The molecule has 18 heavy (non-hydrogen) atoms. The van der Waals surface area contributed by atoms with Crippen molar-refractivity contribution in [2.24, 2.45) is 0 Å². The minimum Gasteiger partial charge on any atom is -0.394 e. The zero-order chi connectivity index (χ0) is 12.7. The van der Waals surface area contributed by atoms with E-state index in [4.69, 9.17) is 9.84 Å². The molecular weight excluding hydrogens is 240 g/mol. The van der Waals surface area contributed by atoms with Crippen LogP contribution in [0, 0.1) is 0 Å². The van der Waals surface area contributed by atoms with Crippen LogP contribution < -0.4 is 5.56 Å². The number of hydrogen-bond acceptors (Lipinski definition) is 6. The van der Waals surface area contributed by atoms with E-state index < -0.39 is 18.4 Å². The highest BCUT2D eigenvalue weighted by Crippen LogP contribution is 2.29. The van der Waals surface area contributed by atoms with Crippen LogP contribution >= 0.6 is 0 Å². The number of aromatic nitrogens is 4. The maximum Gasteiger partial charge on any atom is 0.278 e. The number of nitrogens with zero attached hydrogens (tertiary/aromatic N) is 3. The van der Waals surface area contributed by atoms with E-state index in [1.807, 2.05) is 0 Å². The molecule has 0 aliphatic carbocycles. The third-order valence-electron chi connectivity index (χ3n) is 3.06. The number of aliphatic hydroxyl groups excluding tert-OH is 2. The molecule has 0 bridgehead atoms. The van der Waals surface area contributed by atoms with Gasteiger partial charge in [-0.1, -0.05) is 0 Å². The minimum atomic E-state index is -0.737. The van der Waals surface area contributed by atoms with Crippen LogP contribution in [0.5, 0.6) is 0 Å². The average Bonchev–Trinajstić information content (AvgIpc) is 2.93. The molecule has 2 aromatic heterocycles. The van der Waals surface area contributed by atoms with Gasteiger partial charge in [-0.3, -0.25) is 9.36 Å². The van der Waals surface area contributed by atoms with Crippen LogP contribution in [0.15, 0.2) is 17.4 Å². The molecule has 3 heterocycles. The molecule has 8 heteroatoms. The Labute approximate surface area is 101 Å². The van der Waals surface area contributed by atoms with Gasteiger partial charge in [0.15, 0.2) is 11.2 Å². The molecule has 96 valence electrons. The maximum atomic E-state index is 11.5. The number of fused-ring (bicyclic) bond motifs is 1. The summed E-state index contributed by atoms with van der Waals surface area (Å²) < 4.78 is 7.07. The van der Waals surface area contributed by atoms with Crippen molar-refractivity contribution in [3.63, 3.8) is 0 Å². The lowest BCUT2D eigenvalue weighted by Gasteiger charge is -2.13. The van der Waals surface area contributed by atoms with E-state index >= 15 is 0 Å². The fourth-order valence-corrected chi connectivity index (χ4v) is 2.12. The van der Waals surface area contributed by atoms with Gasteiger partial charge in [-0.25, -0.2) is 9.97 Å². The summed E-state index contributed by atoms with van der Waals surface area (Å²) in [5.41, 5.74) is 0.300. The van der Waals surface area contributed by atoms with Gasteiger partial charge in [0.25, 0.3) is 5.56 Å². The quantitative estimate of drug-likeness (QED) is 0.616. The summed E-state index contributed by atoms with van der Waals surface area (Å²) in [6.45, 7) is -0.252. The van der Waals surface area contributed by atoms with Crippen LogP contribution in [0.2, 0.25) is 0 Å². The molecule has 0 saturated carbocycles. The molecule has 0 unspecified atom stereocenters. The molecule has 8 nitrogen and oxygen atoms in total. The van der Waals surface area contributed by atoms with Gasteiger partial charge in [-0.2, -0.15) is 0 Å². The van der Waals surface area contributed by atoms with Gasteiger partial charge >= 0.3 is 0 Å². The molecule has 0 spiro atoms. The topological polar surface area (TPSA) is 113 Å². The van der Waals surface area contributed by atoms with Gasteiger partial charge < -0.3 is 19.9 Å². The van der Waals surface area contributed by atoms with Gasteiger partial charge in [0, 0.05) is 6.42 Å². The SMILES string of the molecule is O=c1[nH]cnc2c1ncn2[C@@H]1C[C@H](O)[C@H](CO)O1. The van der Waals surface area contributed by atoms with E-state index in [0.717, 1.165) is 0 Å². The Morgan fingerprint density at radius 1 is 1.56 bits per heavy atom. The predicted octanol–water partition coefficient (Wildman–Crippen LogP) is -1.24. The first-order chi connectivity index (χ1) is 8.70. The Bertz CT molecular complexity index is 622. The molecule has 1 aliphatic rings. The van der Waals surface area contributed by atoms with E-state index in [9.17, 15) is 9.90 Å². The second kappa shape index (κ2) is 4.16. The lowest BCUT2D eigenvalue weighted by Crippen LogP contribution is -2.24. The van der Waals surface area contributed by atoms with Crippen molar-refractivity contribution < 1.29 is 14.9 Å². The van der Waals surface area contributed by atoms with E-state index in [0.29, 0.717) is 12.1 Å². The predicted molar refractivity (Wildman–Crippen MR) is 59.8 cm³/mol. The summed E-state index contributed by atoms with van der Waals surface area (Å²) in [6.07, 6.45) is 1.23. The third-order valence-corrected chi connectivity index (χ3v) is 3.06. The zero-order valence-corrected chi connectivity index (χ0v) is 9.35. The van der Waals surface area contributed by atoms with Gasteiger partial charge in [0.2, 0.25) is 0 Å². The number of H-pyrrole nitrogens is 1. The van der Waals surface area contributed by atoms with Gasteiger partial charge in [-0.15, -0.1) is 0 Å². The number of ether oxygens (including phenoxy) is 1. The maximum absolute atomic E-state index is 11.5. The van der Waals surface area contributed by atoms with E-state index in [1.165, 1.54) is 12.7 Å². The van der Waals surface area contributed by atoms with Crippen LogP contribution in [-0.2, 0) is 4.74 Å². The van der Waals surface area contributed by atoms with Crippen LogP contribution in [0.1, 0.15) is 12.6 Å². The molecule has 3 atom stereocenters.